The van der Waals surface area contributed by atoms with Crippen LogP contribution in [0, 0.1) is 0 Å². The lowest BCUT2D eigenvalue weighted by molar-refractivity contribution is 0.590. The van der Waals surface area contributed by atoms with Gasteiger partial charge in [0.25, 0.3) is 0 Å². The molecule has 9 aromatic carbocycles. The molecule has 0 unspecified atom stereocenters. The highest BCUT2D eigenvalue weighted by Crippen LogP contribution is 2.43. The molecule has 0 heteroatoms. The summed E-state index contributed by atoms with van der Waals surface area (Å²) in [4.78, 5) is 0. The maximum Gasteiger partial charge on any atom is -0.00266 e. The summed E-state index contributed by atoms with van der Waals surface area (Å²) in [5.41, 5.74) is 15.8. The van der Waals surface area contributed by atoms with Crippen LogP contribution in [0.3, 0.4) is 0 Å². The van der Waals surface area contributed by atoms with Crippen LogP contribution in [0.5, 0.6) is 0 Å². The molecule has 0 amide bonds. The van der Waals surface area contributed by atoms with Crippen molar-refractivity contribution in [2.75, 3.05) is 0 Å². The van der Waals surface area contributed by atoms with Crippen LogP contribution in [-0.2, 0) is 21.7 Å². The van der Waals surface area contributed by atoms with Crippen molar-refractivity contribution in [2.45, 2.75) is 105 Å². The first kappa shape index (κ1) is 41.4. The van der Waals surface area contributed by atoms with Crippen molar-refractivity contribution < 1.29 is 0 Å². The van der Waals surface area contributed by atoms with Crippen LogP contribution >= 0.6 is 0 Å². The minimum absolute atomic E-state index is 0.0846. The summed E-state index contributed by atoms with van der Waals surface area (Å²) in [6, 6.07) is 61.0. The summed E-state index contributed by atoms with van der Waals surface area (Å²) in [7, 11) is 0. The largest absolute Gasteiger partial charge is 0.0579 e. The highest BCUT2D eigenvalue weighted by Gasteiger charge is 2.20. The Labute approximate surface area is 370 Å². The van der Waals surface area contributed by atoms with Crippen molar-refractivity contribution in [3.63, 3.8) is 0 Å². The van der Waals surface area contributed by atoms with E-state index in [1.165, 1.54) is 110 Å². The quantitative estimate of drug-likeness (QED) is 0.155. The molecule has 0 bridgehead atoms. The van der Waals surface area contributed by atoms with Crippen LogP contribution in [0.2, 0.25) is 0 Å². The van der Waals surface area contributed by atoms with Crippen molar-refractivity contribution in [2.24, 2.45) is 0 Å². The third-order valence-electron chi connectivity index (χ3n) is 13.2. The van der Waals surface area contributed by atoms with E-state index in [1.54, 1.807) is 0 Å². The number of hydrogen-bond acceptors (Lipinski definition) is 0. The van der Waals surface area contributed by atoms with E-state index in [4.69, 9.17) is 0 Å². The average Bonchev–Trinajstić information content (AvgIpc) is 3.22. The Morgan fingerprint density at radius 3 is 0.839 bits per heavy atom. The van der Waals surface area contributed by atoms with Gasteiger partial charge in [-0.1, -0.05) is 192 Å². The molecule has 0 saturated carbocycles. The van der Waals surface area contributed by atoms with Gasteiger partial charge in [0.15, 0.2) is 0 Å². The Balaban J connectivity index is 1.23. The van der Waals surface area contributed by atoms with Gasteiger partial charge in [-0.3, -0.25) is 0 Å². The van der Waals surface area contributed by atoms with Crippen LogP contribution in [0.4, 0.5) is 0 Å². The van der Waals surface area contributed by atoms with E-state index in [0.717, 1.165) is 0 Å². The normalized spacial score (nSPS) is 12.8. The average molecular weight is 807 g/mol. The molecule has 0 nitrogen and oxygen atoms in total. The zero-order valence-corrected chi connectivity index (χ0v) is 39.0. The van der Waals surface area contributed by atoms with Gasteiger partial charge in [-0.25, -0.2) is 0 Å². The first-order chi connectivity index (χ1) is 29.2. The van der Waals surface area contributed by atoms with Crippen molar-refractivity contribution in [1.29, 1.82) is 0 Å². The third kappa shape index (κ3) is 7.86. The van der Waals surface area contributed by atoms with Gasteiger partial charge in [-0.15, -0.1) is 0 Å². The molecule has 0 N–H and O–H groups in total. The van der Waals surface area contributed by atoms with Gasteiger partial charge in [0.05, 0.1) is 0 Å². The van der Waals surface area contributed by atoms with Gasteiger partial charge in [0.1, 0.15) is 0 Å². The fourth-order valence-corrected chi connectivity index (χ4v) is 9.24. The van der Waals surface area contributed by atoms with E-state index in [-0.39, 0.29) is 21.7 Å². The summed E-state index contributed by atoms with van der Waals surface area (Å²) in [6.07, 6.45) is 0. The van der Waals surface area contributed by atoms with Crippen LogP contribution in [0.25, 0.3) is 87.6 Å². The minimum Gasteiger partial charge on any atom is -0.0579 e. The Bertz CT molecular complexity index is 3060. The smallest absolute Gasteiger partial charge is 0.00266 e. The fraction of sp³-hybridized carbons (Fsp3) is 0.258. The van der Waals surface area contributed by atoms with Crippen LogP contribution < -0.4 is 0 Å². The summed E-state index contributed by atoms with van der Waals surface area (Å²) < 4.78 is 0. The first-order valence-corrected chi connectivity index (χ1v) is 22.6. The second-order valence-corrected chi connectivity index (χ2v) is 22.0. The highest BCUT2D eigenvalue weighted by atomic mass is 14.2. The SMILES string of the molecule is CC(C)(C)c1ccc(-c2cc3cc4cc5cc6ccc(-c7ccc(C(C)(C)C)cc7)c(-c7ccc(C(C)(C)C)cc7)c6cc5cc4cc3cc2-c2ccc(C(C)(C)C)cc2)cc1. The monoisotopic (exact) mass is 806 g/mol. The molecule has 0 aromatic heterocycles. The molecule has 62 heavy (non-hydrogen) atoms. The van der Waals surface area contributed by atoms with Gasteiger partial charge < -0.3 is 0 Å². The summed E-state index contributed by atoms with van der Waals surface area (Å²) in [5.74, 6) is 0. The zero-order chi connectivity index (χ0) is 43.9. The van der Waals surface area contributed by atoms with Crippen molar-refractivity contribution in [3.05, 3.63) is 180 Å². The van der Waals surface area contributed by atoms with Crippen molar-refractivity contribution in [3.8, 4) is 44.5 Å². The second-order valence-electron chi connectivity index (χ2n) is 22.0. The summed E-state index contributed by atoms with van der Waals surface area (Å²) in [6.45, 7) is 27.4. The zero-order valence-electron chi connectivity index (χ0n) is 39.0. The van der Waals surface area contributed by atoms with E-state index in [1.807, 2.05) is 0 Å². The maximum absolute atomic E-state index is 2.45. The third-order valence-corrected chi connectivity index (χ3v) is 13.2. The van der Waals surface area contributed by atoms with Gasteiger partial charge in [0.2, 0.25) is 0 Å². The predicted octanol–water partition coefficient (Wildman–Crippen LogP) is 18.2. The molecule has 0 saturated heterocycles. The Morgan fingerprint density at radius 1 is 0.226 bits per heavy atom. The van der Waals surface area contributed by atoms with Gasteiger partial charge >= 0.3 is 0 Å². The molecule has 0 atom stereocenters. The van der Waals surface area contributed by atoms with E-state index < -0.39 is 0 Å². The minimum atomic E-state index is 0.0846. The first-order valence-electron chi connectivity index (χ1n) is 22.6. The van der Waals surface area contributed by atoms with E-state index in [0.29, 0.717) is 0 Å². The molecule has 9 aromatic rings. The standard InChI is InChI=1S/C62H62/c1-59(2,3)50-22-13-39(14-23-50)54-30-21-43-31-44-32-45-33-47-36-55(40-15-24-51(25-16-40)60(4,5)6)56(41-17-26-52(27-18-41)61(7,8)9)37-48(47)34-46(45)35-49(44)38-57(43)58(54)42-19-28-53(29-20-42)62(10,11)12/h13-38H,1-12H3. The van der Waals surface area contributed by atoms with Gasteiger partial charge in [0, 0.05) is 0 Å². The van der Waals surface area contributed by atoms with Crippen molar-refractivity contribution >= 4 is 43.1 Å². The predicted molar refractivity (Wildman–Crippen MR) is 273 cm³/mol. The molecule has 0 fully saturated rings. The van der Waals surface area contributed by atoms with Crippen LogP contribution in [0.1, 0.15) is 105 Å². The molecule has 0 heterocycles. The van der Waals surface area contributed by atoms with E-state index >= 15 is 0 Å². The molecule has 0 aliphatic heterocycles. The number of benzene rings is 9. The molecule has 0 aliphatic rings. The lowest BCUT2D eigenvalue weighted by atomic mass is 9.83. The number of fused-ring (bicyclic) bond motifs is 4. The number of hydrogen-bond donors (Lipinski definition) is 0. The van der Waals surface area contributed by atoms with Gasteiger partial charge in [-0.2, -0.15) is 0 Å². The van der Waals surface area contributed by atoms with Crippen molar-refractivity contribution in [1.82, 2.24) is 0 Å². The molecular formula is C62H62. The highest BCUT2D eigenvalue weighted by molar-refractivity contribution is 6.13. The Morgan fingerprint density at radius 2 is 0.500 bits per heavy atom. The molecule has 0 aliphatic carbocycles. The van der Waals surface area contributed by atoms with Gasteiger partial charge in [-0.05, 0) is 180 Å². The Hall–Kier alpha value is -5.98. The number of rotatable bonds is 4. The topological polar surface area (TPSA) is 0 Å². The maximum atomic E-state index is 2.45. The lowest BCUT2D eigenvalue weighted by Gasteiger charge is -2.21. The van der Waals surface area contributed by atoms with Crippen LogP contribution in [-0.4, -0.2) is 0 Å². The molecule has 9 rings (SSSR count). The molecule has 0 radical (unpaired) electrons. The molecule has 0 spiro atoms. The molecule has 310 valence electrons. The van der Waals surface area contributed by atoms with E-state index in [9.17, 15) is 0 Å². The van der Waals surface area contributed by atoms with E-state index in [2.05, 4.69) is 241 Å². The Kier molecular flexibility index (Phi) is 9.90. The summed E-state index contributed by atoms with van der Waals surface area (Å²) >= 11 is 0. The summed E-state index contributed by atoms with van der Waals surface area (Å²) in [5, 5.41) is 10.1. The van der Waals surface area contributed by atoms with Crippen LogP contribution in [0.15, 0.2) is 158 Å². The second kappa shape index (κ2) is 14.8. The lowest BCUT2D eigenvalue weighted by Crippen LogP contribution is -2.10. The molecular weight excluding hydrogens is 745 g/mol. The fourth-order valence-electron chi connectivity index (χ4n) is 9.24.